The summed E-state index contributed by atoms with van der Waals surface area (Å²) in [7, 11) is 0. The van der Waals surface area contributed by atoms with E-state index in [0.717, 1.165) is 13.1 Å². The van der Waals surface area contributed by atoms with Gasteiger partial charge in [-0.2, -0.15) is 0 Å². The quantitative estimate of drug-likeness (QED) is 0.839. The van der Waals surface area contributed by atoms with Crippen LogP contribution in [0.4, 0.5) is 0 Å². The van der Waals surface area contributed by atoms with Crippen LogP contribution in [0.15, 0.2) is 18.2 Å². The van der Waals surface area contributed by atoms with Gasteiger partial charge in [0, 0.05) is 5.02 Å². The molecule has 0 aliphatic carbocycles. The molecule has 2 rings (SSSR count). The number of aliphatic hydroxyl groups is 1. The zero-order valence-corrected chi connectivity index (χ0v) is 14.0. The van der Waals surface area contributed by atoms with Crippen LogP contribution in [0.3, 0.4) is 0 Å². The van der Waals surface area contributed by atoms with E-state index >= 15 is 0 Å². The van der Waals surface area contributed by atoms with Gasteiger partial charge in [0.05, 0.1) is 17.6 Å². The van der Waals surface area contributed by atoms with Crippen LogP contribution in [0.1, 0.15) is 32.6 Å². The first-order chi connectivity index (χ1) is 10.1. The number of halogens is 2. The second kappa shape index (κ2) is 8.23. The first kappa shape index (κ1) is 16.9. The first-order valence-corrected chi connectivity index (χ1v) is 8.46. The number of piperidine rings is 1. The van der Waals surface area contributed by atoms with Crippen molar-refractivity contribution in [1.29, 1.82) is 0 Å². The van der Waals surface area contributed by atoms with Crippen molar-refractivity contribution in [2.75, 3.05) is 19.7 Å². The topological polar surface area (TPSA) is 33.9 Å². The Morgan fingerprint density at radius 3 is 2.90 bits per heavy atom. The fourth-order valence-corrected chi connectivity index (χ4v) is 3.52. The van der Waals surface area contributed by atoms with E-state index in [1.807, 2.05) is 0 Å². The van der Waals surface area contributed by atoms with Gasteiger partial charge in [0.2, 0.25) is 0 Å². The molecule has 3 atom stereocenters. The molecule has 1 aromatic rings. The maximum absolute atomic E-state index is 10.2. The number of benzene rings is 1. The highest BCUT2D eigenvalue weighted by atomic mass is 35.5. The fourth-order valence-electron chi connectivity index (χ4n) is 3.05. The van der Waals surface area contributed by atoms with Crippen molar-refractivity contribution in [1.82, 2.24) is 0 Å². The summed E-state index contributed by atoms with van der Waals surface area (Å²) in [4.78, 5) is 1.50. The number of nitrogens with one attached hydrogen (secondary N) is 1. The molecule has 1 unspecified atom stereocenters. The maximum atomic E-state index is 10.2. The van der Waals surface area contributed by atoms with Gasteiger partial charge in [-0.25, -0.2) is 0 Å². The van der Waals surface area contributed by atoms with Gasteiger partial charge in [-0.05, 0) is 43.9 Å². The third-order valence-corrected chi connectivity index (χ3v) is 4.72. The first-order valence-electron chi connectivity index (χ1n) is 7.70. The predicted octanol–water partition coefficient (Wildman–Crippen LogP) is 2.58. The molecule has 5 heteroatoms. The lowest BCUT2D eigenvalue weighted by molar-refractivity contribution is -0.933. The number of hydrogen-bond donors (Lipinski definition) is 2. The Morgan fingerprint density at radius 2 is 2.19 bits per heavy atom. The van der Waals surface area contributed by atoms with E-state index in [1.54, 1.807) is 18.2 Å². The smallest absolute Gasteiger partial charge is 0.138 e. The number of likely N-dealkylation sites (tertiary alicyclic amines) is 1. The highest BCUT2D eigenvalue weighted by Gasteiger charge is 2.26. The van der Waals surface area contributed by atoms with Gasteiger partial charge < -0.3 is 14.7 Å². The van der Waals surface area contributed by atoms with Crippen LogP contribution < -0.4 is 9.64 Å². The number of quaternary nitrogens is 1. The fraction of sp³-hybridized carbons (Fsp3) is 0.625. The van der Waals surface area contributed by atoms with Gasteiger partial charge in [0.15, 0.2) is 0 Å². The van der Waals surface area contributed by atoms with Crippen molar-refractivity contribution in [3.8, 4) is 5.75 Å². The molecule has 3 nitrogen and oxygen atoms in total. The molecule has 0 aromatic heterocycles. The molecule has 1 saturated heterocycles. The Hall–Kier alpha value is -0.480. The van der Waals surface area contributed by atoms with Gasteiger partial charge >= 0.3 is 0 Å². The molecule has 0 spiro atoms. The molecule has 1 aliphatic rings. The van der Waals surface area contributed by atoms with Gasteiger partial charge in [-0.1, -0.05) is 30.1 Å². The van der Waals surface area contributed by atoms with Crippen LogP contribution in [0.25, 0.3) is 0 Å². The minimum Gasteiger partial charge on any atom is -0.489 e. The normalized spacial score (nSPS) is 23.8. The Morgan fingerprint density at radius 1 is 1.38 bits per heavy atom. The van der Waals surface area contributed by atoms with E-state index < -0.39 is 6.10 Å². The summed E-state index contributed by atoms with van der Waals surface area (Å²) in [6.07, 6.45) is 4.53. The Balaban J connectivity index is 1.82. The Bertz CT molecular complexity index is 456. The van der Waals surface area contributed by atoms with Crippen LogP contribution in [-0.4, -0.2) is 36.9 Å². The summed E-state index contributed by atoms with van der Waals surface area (Å²) in [5, 5.41) is 11.3. The molecular formula is C16H24Cl2NO2+. The largest absolute Gasteiger partial charge is 0.489 e. The van der Waals surface area contributed by atoms with Crippen molar-refractivity contribution >= 4 is 23.2 Å². The minimum atomic E-state index is -0.473. The summed E-state index contributed by atoms with van der Waals surface area (Å²) < 4.78 is 5.61. The molecule has 118 valence electrons. The molecular weight excluding hydrogens is 309 g/mol. The van der Waals surface area contributed by atoms with Crippen LogP contribution in [0.2, 0.25) is 10.0 Å². The second-order valence-corrected chi connectivity index (χ2v) is 6.60. The van der Waals surface area contributed by atoms with Crippen molar-refractivity contribution < 1.29 is 14.7 Å². The molecule has 0 saturated carbocycles. The lowest BCUT2D eigenvalue weighted by atomic mass is 10.00. The predicted molar refractivity (Wildman–Crippen MR) is 86.6 cm³/mol. The SMILES string of the molecule is CC[C@H]1CCCC[NH+]1C[C@H](O)COc1ccc(Cl)cc1Cl. The van der Waals surface area contributed by atoms with E-state index in [4.69, 9.17) is 27.9 Å². The molecule has 1 fully saturated rings. The molecule has 1 aliphatic heterocycles. The van der Waals surface area contributed by atoms with Gasteiger partial charge in [0.25, 0.3) is 0 Å². The van der Waals surface area contributed by atoms with Crippen LogP contribution in [0.5, 0.6) is 5.75 Å². The lowest BCUT2D eigenvalue weighted by Gasteiger charge is -2.33. The number of ether oxygens (including phenoxy) is 1. The number of aliphatic hydroxyl groups excluding tert-OH is 1. The highest BCUT2D eigenvalue weighted by molar-refractivity contribution is 6.35. The summed E-state index contributed by atoms with van der Waals surface area (Å²) in [6, 6.07) is 5.79. The number of rotatable bonds is 6. The maximum Gasteiger partial charge on any atom is 0.138 e. The Labute approximate surface area is 136 Å². The van der Waals surface area contributed by atoms with Crippen molar-refractivity contribution in [3.05, 3.63) is 28.2 Å². The zero-order valence-electron chi connectivity index (χ0n) is 12.4. The Kier molecular flexibility index (Phi) is 6.62. The molecule has 1 aromatic carbocycles. The molecule has 2 N–H and O–H groups in total. The summed E-state index contributed by atoms with van der Waals surface area (Å²) in [6.45, 7) is 4.38. The third-order valence-electron chi connectivity index (χ3n) is 4.19. The van der Waals surface area contributed by atoms with Gasteiger partial charge in [-0.3, -0.25) is 0 Å². The van der Waals surface area contributed by atoms with Crippen LogP contribution in [0, 0.1) is 0 Å². The van der Waals surface area contributed by atoms with E-state index in [9.17, 15) is 5.11 Å². The summed E-state index contributed by atoms with van der Waals surface area (Å²) >= 11 is 11.9. The van der Waals surface area contributed by atoms with E-state index in [0.29, 0.717) is 21.8 Å². The monoisotopic (exact) mass is 332 g/mol. The van der Waals surface area contributed by atoms with Crippen molar-refractivity contribution in [2.45, 2.75) is 44.8 Å². The summed E-state index contributed by atoms with van der Waals surface area (Å²) in [5.41, 5.74) is 0. The standard InChI is InChI=1S/C16H23Cl2NO2/c1-2-13-5-3-4-8-19(13)10-14(20)11-21-16-7-6-12(17)9-15(16)18/h6-7,9,13-14,20H,2-5,8,10-11H2,1H3/p+1/t13-,14-/m0/s1. The van der Waals surface area contributed by atoms with E-state index in [2.05, 4.69) is 6.92 Å². The van der Waals surface area contributed by atoms with Crippen LogP contribution >= 0.6 is 23.2 Å². The third kappa shape index (κ3) is 5.03. The van der Waals surface area contributed by atoms with Crippen LogP contribution in [-0.2, 0) is 0 Å². The van der Waals surface area contributed by atoms with E-state index in [1.165, 1.54) is 30.6 Å². The lowest BCUT2D eigenvalue weighted by Crippen LogP contribution is -3.17. The average Bonchev–Trinajstić information content (AvgIpc) is 2.47. The van der Waals surface area contributed by atoms with Crippen molar-refractivity contribution in [3.63, 3.8) is 0 Å². The van der Waals surface area contributed by atoms with Gasteiger partial charge in [-0.15, -0.1) is 0 Å². The molecule has 0 bridgehead atoms. The van der Waals surface area contributed by atoms with E-state index in [-0.39, 0.29) is 6.61 Å². The molecule has 0 amide bonds. The summed E-state index contributed by atoms with van der Waals surface area (Å²) in [5.74, 6) is 0.570. The highest BCUT2D eigenvalue weighted by Crippen LogP contribution is 2.27. The van der Waals surface area contributed by atoms with Gasteiger partial charge in [0.1, 0.15) is 25.0 Å². The second-order valence-electron chi connectivity index (χ2n) is 5.75. The molecule has 21 heavy (non-hydrogen) atoms. The zero-order chi connectivity index (χ0) is 15.2. The minimum absolute atomic E-state index is 0.265. The number of hydrogen-bond acceptors (Lipinski definition) is 2. The average molecular weight is 333 g/mol. The molecule has 0 radical (unpaired) electrons. The molecule has 1 heterocycles. The van der Waals surface area contributed by atoms with Crippen molar-refractivity contribution in [2.24, 2.45) is 0 Å².